The monoisotopic (exact) mass is 212 g/mol. The third kappa shape index (κ3) is 3.09. The minimum atomic E-state index is -0.306. The molecule has 0 spiro atoms. The van der Waals surface area contributed by atoms with Gasteiger partial charge >= 0.3 is 0 Å². The molecule has 1 aromatic carbocycles. The average molecular weight is 212 g/mol. The highest BCUT2D eigenvalue weighted by Gasteiger charge is 2.08. The lowest BCUT2D eigenvalue weighted by Gasteiger charge is -2.24. The van der Waals surface area contributed by atoms with E-state index >= 15 is 0 Å². The first-order valence-electron chi connectivity index (χ1n) is 4.98. The summed E-state index contributed by atoms with van der Waals surface area (Å²) in [5.41, 5.74) is 7.07. The summed E-state index contributed by atoms with van der Waals surface area (Å²) < 4.78 is 17.8. The lowest BCUT2D eigenvalue weighted by atomic mass is 10.2. The van der Waals surface area contributed by atoms with E-state index in [0.29, 0.717) is 12.3 Å². The third-order valence-corrected chi connectivity index (χ3v) is 2.28. The van der Waals surface area contributed by atoms with Gasteiger partial charge in [0.1, 0.15) is 5.82 Å². The summed E-state index contributed by atoms with van der Waals surface area (Å²) in [6, 6.07) is 4.45. The van der Waals surface area contributed by atoms with Crippen molar-refractivity contribution in [3.8, 4) is 0 Å². The zero-order valence-electron chi connectivity index (χ0n) is 9.16. The average Bonchev–Trinajstić information content (AvgIpc) is 2.21. The Hall–Kier alpha value is -1.29. The fraction of sp³-hybridized carbons (Fsp3) is 0.455. The number of ether oxygens (including phenoxy) is 1. The Morgan fingerprint density at radius 3 is 2.73 bits per heavy atom. The number of nitrogens with two attached hydrogens (primary N) is 1. The molecule has 0 aliphatic rings. The second-order valence-corrected chi connectivity index (χ2v) is 3.28. The number of nitrogens with zero attached hydrogens (tertiary/aromatic N) is 1. The van der Waals surface area contributed by atoms with Crippen molar-refractivity contribution in [2.24, 2.45) is 0 Å². The van der Waals surface area contributed by atoms with Crippen LogP contribution in [0.3, 0.4) is 0 Å². The van der Waals surface area contributed by atoms with Gasteiger partial charge in [0.15, 0.2) is 0 Å². The Kier molecular flexibility index (Phi) is 4.37. The molecule has 0 aromatic heterocycles. The lowest BCUT2D eigenvalue weighted by Crippen LogP contribution is -2.27. The quantitative estimate of drug-likeness (QED) is 0.757. The van der Waals surface area contributed by atoms with E-state index in [1.165, 1.54) is 12.1 Å². The molecule has 2 N–H and O–H groups in total. The molecular weight excluding hydrogens is 195 g/mol. The number of anilines is 2. The highest BCUT2D eigenvalue weighted by atomic mass is 19.1. The van der Waals surface area contributed by atoms with Crippen molar-refractivity contribution in [2.75, 3.05) is 37.4 Å². The number of rotatable bonds is 5. The molecule has 0 radical (unpaired) electrons. The summed E-state index contributed by atoms with van der Waals surface area (Å²) in [6.07, 6.45) is 0. The predicted molar refractivity (Wildman–Crippen MR) is 60.6 cm³/mol. The molecular formula is C11H17FN2O. The summed E-state index contributed by atoms with van der Waals surface area (Å²) in [7, 11) is 1.65. The van der Waals surface area contributed by atoms with Gasteiger partial charge in [0, 0.05) is 20.2 Å². The molecule has 0 aliphatic carbocycles. The molecule has 0 unspecified atom stereocenters. The highest BCUT2D eigenvalue weighted by molar-refractivity contribution is 5.67. The number of benzene rings is 1. The molecule has 84 valence electrons. The number of hydrogen-bond acceptors (Lipinski definition) is 3. The van der Waals surface area contributed by atoms with Gasteiger partial charge in [-0.25, -0.2) is 4.39 Å². The first-order chi connectivity index (χ1) is 7.19. The SMILES string of the molecule is CCN(CCOC)c1ccc(F)cc1N. The van der Waals surface area contributed by atoms with Gasteiger partial charge in [0.05, 0.1) is 18.0 Å². The van der Waals surface area contributed by atoms with Crippen molar-refractivity contribution in [1.82, 2.24) is 0 Å². The fourth-order valence-electron chi connectivity index (χ4n) is 1.46. The second kappa shape index (κ2) is 5.56. The smallest absolute Gasteiger partial charge is 0.125 e. The maximum atomic E-state index is 12.8. The first kappa shape index (κ1) is 11.8. The number of nitrogen functional groups attached to an aromatic ring is 1. The maximum absolute atomic E-state index is 12.8. The van der Waals surface area contributed by atoms with E-state index < -0.39 is 0 Å². The zero-order valence-corrected chi connectivity index (χ0v) is 9.16. The van der Waals surface area contributed by atoms with E-state index in [1.54, 1.807) is 13.2 Å². The fourth-order valence-corrected chi connectivity index (χ4v) is 1.46. The van der Waals surface area contributed by atoms with Crippen LogP contribution >= 0.6 is 0 Å². The van der Waals surface area contributed by atoms with Crippen LogP contribution in [-0.2, 0) is 4.74 Å². The molecule has 4 heteroatoms. The van der Waals surface area contributed by atoms with E-state index in [9.17, 15) is 4.39 Å². The number of halogens is 1. The van der Waals surface area contributed by atoms with Gasteiger partial charge in [-0.3, -0.25) is 0 Å². The molecule has 0 aliphatic heterocycles. The zero-order chi connectivity index (χ0) is 11.3. The summed E-state index contributed by atoms with van der Waals surface area (Å²) in [4.78, 5) is 2.05. The Balaban J connectivity index is 2.81. The summed E-state index contributed by atoms with van der Waals surface area (Å²) in [5.74, 6) is -0.306. The summed E-state index contributed by atoms with van der Waals surface area (Å²) in [6.45, 7) is 4.23. The molecule has 0 saturated heterocycles. The minimum absolute atomic E-state index is 0.306. The number of methoxy groups -OCH3 is 1. The van der Waals surface area contributed by atoms with Crippen LogP contribution in [0.1, 0.15) is 6.92 Å². The van der Waals surface area contributed by atoms with Crippen LogP contribution in [0.5, 0.6) is 0 Å². The molecule has 1 aromatic rings. The van der Waals surface area contributed by atoms with Gasteiger partial charge in [-0.15, -0.1) is 0 Å². The van der Waals surface area contributed by atoms with Gasteiger partial charge in [-0.2, -0.15) is 0 Å². The Bertz CT molecular complexity index is 317. The van der Waals surface area contributed by atoms with E-state index in [1.807, 2.05) is 6.92 Å². The van der Waals surface area contributed by atoms with Crippen molar-refractivity contribution < 1.29 is 9.13 Å². The van der Waals surface area contributed by atoms with Gasteiger partial charge in [-0.1, -0.05) is 0 Å². The molecule has 0 heterocycles. The Morgan fingerprint density at radius 1 is 1.47 bits per heavy atom. The van der Waals surface area contributed by atoms with Crippen molar-refractivity contribution in [1.29, 1.82) is 0 Å². The minimum Gasteiger partial charge on any atom is -0.397 e. The van der Waals surface area contributed by atoms with Crippen LogP contribution in [0.25, 0.3) is 0 Å². The van der Waals surface area contributed by atoms with E-state index in [-0.39, 0.29) is 5.82 Å². The summed E-state index contributed by atoms with van der Waals surface area (Å²) >= 11 is 0. The molecule has 0 amide bonds. The predicted octanol–water partition coefficient (Wildman–Crippen LogP) is 1.88. The highest BCUT2D eigenvalue weighted by Crippen LogP contribution is 2.23. The Labute approximate surface area is 89.6 Å². The third-order valence-electron chi connectivity index (χ3n) is 2.28. The number of hydrogen-bond donors (Lipinski definition) is 1. The molecule has 0 fully saturated rings. The second-order valence-electron chi connectivity index (χ2n) is 3.28. The van der Waals surface area contributed by atoms with Crippen LogP contribution in [0.15, 0.2) is 18.2 Å². The van der Waals surface area contributed by atoms with Gasteiger partial charge < -0.3 is 15.4 Å². The molecule has 1 rings (SSSR count). The van der Waals surface area contributed by atoms with Crippen molar-refractivity contribution in [2.45, 2.75) is 6.92 Å². The van der Waals surface area contributed by atoms with Crippen molar-refractivity contribution >= 4 is 11.4 Å². The van der Waals surface area contributed by atoms with Gasteiger partial charge in [0.2, 0.25) is 0 Å². The maximum Gasteiger partial charge on any atom is 0.125 e. The van der Waals surface area contributed by atoms with Gasteiger partial charge in [0.25, 0.3) is 0 Å². The largest absolute Gasteiger partial charge is 0.397 e. The van der Waals surface area contributed by atoms with Crippen molar-refractivity contribution in [3.63, 3.8) is 0 Å². The van der Waals surface area contributed by atoms with E-state index in [4.69, 9.17) is 10.5 Å². The van der Waals surface area contributed by atoms with Crippen LogP contribution in [0.4, 0.5) is 15.8 Å². The molecule has 0 atom stereocenters. The molecule has 0 saturated carbocycles. The normalized spacial score (nSPS) is 10.3. The standard InChI is InChI=1S/C11H17FN2O/c1-3-14(6-7-15-2)11-5-4-9(12)8-10(11)13/h4-5,8H,3,6-7,13H2,1-2H3. The van der Waals surface area contributed by atoms with Crippen LogP contribution in [0, 0.1) is 5.82 Å². The molecule has 3 nitrogen and oxygen atoms in total. The van der Waals surface area contributed by atoms with Crippen molar-refractivity contribution in [3.05, 3.63) is 24.0 Å². The Morgan fingerprint density at radius 2 is 2.20 bits per heavy atom. The summed E-state index contributed by atoms with van der Waals surface area (Å²) in [5, 5.41) is 0. The van der Waals surface area contributed by atoms with E-state index in [0.717, 1.165) is 18.8 Å². The van der Waals surface area contributed by atoms with Crippen LogP contribution in [0.2, 0.25) is 0 Å². The lowest BCUT2D eigenvalue weighted by molar-refractivity contribution is 0.205. The number of likely N-dealkylation sites (N-methyl/N-ethyl adjacent to an activating group) is 1. The molecule has 15 heavy (non-hydrogen) atoms. The van der Waals surface area contributed by atoms with Crippen LogP contribution < -0.4 is 10.6 Å². The van der Waals surface area contributed by atoms with Crippen LogP contribution in [-0.4, -0.2) is 26.8 Å². The first-order valence-corrected chi connectivity index (χ1v) is 4.98. The molecule has 0 bridgehead atoms. The topological polar surface area (TPSA) is 38.5 Å². The van der Waals surface area contributed by atoms with Gasteiger partial charge in [-0.05, 0) is 25.1 Å². The van der Waals surface area contributed by atoms with E-state index in [2.05, 4.69) is 4.90 Å².